The van der Waals surface area contributed by atoms with Crippen LogP contribution in [0.25, 0.3) is 0 Å². The van der Waals surface area contributed by atoms with E-state index < -0.39 is 0 Å². The molecule has 0 radical (unpaired) electrons. The van der Waals surface area contributed by atoms with E-state index in [9.17, 15) is 4.79 Å². The van der Waals surface area contributed by atoms with Gasteiger partial charge in [0.15, 0.2) is 0 Å². The predicted octanol–water partition coefficient (Wildman–Crippen LogP) is 2.82. The maximum absolute atomic E-state index is 12.0. The minimum atomic E-state index is -0.253. The zero-order chi connectivity index (χ0) is 13.1. The molecule has 0 fully saturated rings. The summed E-state index contributed by atoms with van der Waals surface area (Å²) in [4.78, 5) is 16.1. The van der Waals surface area contributed by atoms with Gasteiger partial charge in [0.2, 0.25) is 0 Å². The number of rotatable bonds is 3. The van der Waals surface area contributed by atoms with Crippen molar-refractivity contribution in [1.82, 2.24) is 4.98 Å². The van der Waals surface area contributed by atoms with Crippen LogP contribution in [0.4, 0.5) is 5.69 Å². The van der Waals surface area contributed by atoms with Crippen LogP contribution in [0, 0.1) is 6.92 Å². The summed E-state index contributed by atoms with van der Waals surface area (Å²) < 4.78 is 0. The summed E-state index contributed by atoms with van der Waals surface area (Å²) >= 11 is 7.36. The Kier molecular flexibility index (Phi) is 3.96. The van der Waals surface area contributed by atoms with Crippen molar-refractivity contribution in [3.8, 4) is 0 Å². The van der Waals surface area contributed by atoms with Gasteiger partial charge in [-0.15, -0.1) is 11.3 Å². The zero-order valence-corrected chi connectivity index (χ0v) is 11.3. The molecule has 6 heteroatoms. The number of carbonyl (C=O) groups excluding carboxylic acids is 1. The molecule has 0 atom stereocenters. The highest BCUT2D eigenvalue weighted by Crippen LogP contribution is 2.23. The summed E-state index contributed by atoms with van der Waals surface area (Å²) in [5.41, 5.74) is 7.36. The van der Waals surface area contributed by atoms with Crippen molar-refractivity contribution in [2.75, 3.05) is 5.32 Å². The van der Waals surface area contributed by atoms with Crippen LogP contribution in [0.15, 0.2) is 23.6 Å². The van der Waals surface area contributed by atoms with Gasteiger partial charge in [-0.2, -0.15) is 0 Å². The first-order valence-electron chi connectivity index (χ1n) is 5.32. The van der Waals surface area contributed by atoms with Gasteiger partial charge in [0, 0.05) is 22.6 Å². The van der Waals surface area contributed by atoms with Gasteiger partial charge in [0.25, 0.3) is 5.91 Å². The van der Waals surface area contributed by atoms with Crippen LogP contribution in [0.2, 0.25) is 5.02 Å². The lowest BCUT2D eigenvalue weighted by atomic mass is 10.2. The number of anilines is 1. The lowest BCUT2D eigenvalue weighted by molar-refractivity contribution is 0.102. The van der Waals surface area contributed by atoms with Gasteiger partial charge >= 0.3 is 0 Å². The average molecular weight is 282 g/mol. The Hall–Kier alpha value is -1.43. The van der Waals surface area contributed by atoms with Crippen LogP contribution in [-0.4, -0.2) is 10.9 Å². The Bertz CT molecular complexity index is 582. The third-order valence-corrected chi connectivity index (χ3v) is 3.76. The molecule has 2 aromatic rings. The van der Waals surface area contributed by atoms with Crippen molar-refractivity contribution < 1.29 is 4.79 Å². The van der Waals surface area contributed by atoms with E-state index in [0.717, 1.165) is 10.6 Å². The number of carbonyl (C=O) groups is 1. The summed E-state index contributed by atoms with van der Waals surface area (Å²) in [6.07, 6.45) is 0. The van der Waals surface area contributed by atoms with Crippen molar-refractivity contribution in [2.24, 2.45) is 5.73 Å². The van der Waals surface area contributed by atoms with E-state index in [-0.39, 0.29) is 5.91 Å². The molecule has 1 aromatic heterocycles. The first kappa shape index (κ1) is 13.0. The fraction of sp³-hybridized carbons (Fsp3) is 0.167. The first-order valence-corrected chi connectivity index (χ1v) is 6.58. The summed E-state index contributed by atoms with van der Waals surface area (Å²) in [6.45, 7) is 2.19. The van der Waals surface area contributed by atoms with Crippen molar-refractivity contribution in [2.45, 2.75) is 13.5 Å². The smallest absolute Gasteiger partial charge is 0.275 e. The SMILES string of the molecule is Cc1c(Cl)cccc1NC(=O)c1csc(CN)n1. The lowest BCUT2D eigenvalue weighted by Crippen LogP contribution is -2.13. The third kappa shape index (κ3) is 2.69. The fourth-order valence-corrected chi connectivity index (χ4v) is 2.27. The molecule has 3 N–H and O–H groups in total. The van der Waals surface area contributed by atoms with Crippen LogP contribution in [0.5, 0.6) is 0 Å². The summed E-state index contributed by atoms with van der Waals surface area (Å²) in [7, 11) is 0. The van der Waals surface area contributed by atoms with Gasteiger partial charge < -0.3 is 11.1 Å². The van der Waals surface area contributed by atoms with Crippen LogP contribution >= 0.6 is 22.9 Å². The number of amides is 1. The number of nitrogens with zero attached hydrogens (tertiary/aromatic N) is 1. The predicted molar refractivity (Wildman–Crippen MR) is 74.1 cm³/mol. The average Bonchev–Trinajstić information content (AvgIpc) is 2.83. The molecular formula is C12H12ClN3OS. The molecule has 0 unspecified atom stereocenters. The van der Waals surface area contributed by atoms with Crippen LogP contribution in [-0.2, 0) is 6.54 Å². The van der Waals surface area contributed by atoms with E-state index in [1.807, 2.05) is 6.92 Å². The Morgan fingerprint density at radius 2 is 2.33 bits per heavy atom. The number of nitrogens with two attached hydrogens (primary N) is 1. The van der Waals surface area contributed by atoms with Crippen molar-refractivity contribution in [3.63, 3.8) is 0 Å². The summed E-state index contributed by atoms with van der Waals surface area (Å²) in [5, 5.41) is 5.83. The molecule has 0 aliphatic rings. The molecule has 0 aliphatic heterocycles. The standard InChI is InChI=1S/C12H12ClN3OS/c1-7-8(13)3-2-4-9(7)16-12(17)10-6-18-11(5-14)15-10/h2-4,6H,5,14H2,1H3,(H,16,17). The molecule has 0 bridgehead atoms. The Morgan fingerprint density at radius 1 is 1.56 bits per heavy atom. The monoisotopic (exact) mass is 281 g/mol. The number of halogens is 1. The van der Waals surface area contributed by atoms with Gasteiger partial charge in [0.1, 0.15) is 10.7 Å². The second-order valence-corrected chi connectivity index (χ2v) is 5.05. The molecule has 0 aliphatic carbocycles. The van der Waals surface area contributed by atoms with Crippen LogP contribution < -0.4 is 11.1 Å². The summed E-state index contributed by atoms with van der Waals surface area (Å²) in [6, 6.07) is 5.37. The Morgan fingerprint density at radius 3 is 3.00 bits per heavy atom. The molecule has 4 nitrogen and oxygen atoms in total. The normalized spacial score (nSPS) is 10.4. The topological polar surface area (TPSA) is 68.0 Å². The van der Waals surface area contributed by atoms with Gasteiger partial charge in [-0.05, 0) is 24.6 Å². The van der Waals surface area contributed by atoms with Crippen LogP contribution in [0.3, 0.4) is 0 Å². The first-order chi connectivity index (χ1) is 8.61. The number of nitrogens with one attached hydrogen (secondary N) is 1. The van der Waals surface area contributed by atoms with Gasteiger partial charge in [-0.1, -0.05) is 17.7 Å². The molecule has 1 aromatic carbocycles. The van der Waals surface area contributed by atoms with E-state index in [4.69, 9.17) is 17.3 Å². The number of hydrogen-bond donors (Lipinski definition) is 2. The second kappa shape index (κ2) is 5.48. The molecule has 1 heterocycles. The molecule has 94 valence electrons. The summed E-state index contributed by atoms with van der Waals surface area (Å²) in [5.74, 6) is -0.253. The number of aromatic nitrogens is 1. The molecule has 18 heavy (non-hydrogen) atoms. The largest absolute Gasteiger partial charge is 0.325 e. The van der Waals surface area contributed by atoms with Crippen molar-refractivity contribution in [1.29, 1.82) is 0 Å². The molecule has 0 saturated carbocycles. The highest BCUT2D eigenvalue weighted by atomic mass is 35.5. The quantitative estimate of drug-likeness (QED) is 0.909. The molecule has 2 rings (SSSR count). The molecule has 1 amide bonds. The highest BCUT2D eigenvalue weighted by Gasteiger charge is 2.12. The number of thiazole rings is 1. The van der Waals surface area contributed by atoms with E-state index in [1.165, 1.54) is 11.3 Å². The van der Waals surface area contributed by atoms with Crippen molar-refractivity contribution >= 4 is 34.5 Å². The third-order valence-electron chi connectivity index (χ3n) is 2.47. The van der Waals surface area contributed by atoms with Gasteiger partial charge in [-0.3, -0.25) is 4.79 Å². The van der Waals surface area contributed by atoms with Crippen LogP contribution in [0.1, 0.15) is 21.1 Å². The number of hydrogen-bond acceptors (Lipinski definition) is 4. The minimum absolute atomic E-state index is 0.253. The van der Waals surface area contributed by atoms with E-state index in [2.05, 4.69) is 10.3 Å². The molecular weight excluding hydrogens is 270 g/mol. The van der Waals surface area contributed by atoms with E-state index in [0.29, 0.717) is 22.9 Å². The zero-order valence-electron chi connectivity index (χ0n) is 9.74. The maximum atomic E-state index is 12.0. The van der Waals surface area contributed by atoms with Crippen molar-refractivity contribution in [3.05, 3.63) is 44.9 Å². The maximum Gasteiger partial charge on any atom is 0.275 e. The molecule has 0 spiro atoms. The Balaban J connectivity index is 2.18. The lowest BCUT2D eigenvalue weighted by Gasteiger charge is -2.07. The highest BCUT2D eigenvalue weighted by molar-refractivity contribution is 7.09. The van der Waals surface area contributed by atoms with Gasteiger partial charge in [-0.25, -0.2) is 4.98 Å². The van der Waals surface area contributed by atoms with Gasteiger partial charge in [0.05, 0.1) is 0 Å². The van der Waals surface area contributed by atoms with E-state index >= 15 is 0 Å². The molecule has 0 saturated heterocycles. The fourth-order valence-electron chi connectivity index (χ4n) is 1.44. The van der Waals surface area contributed by atoms with E-state index in [1.54, 1.807) is 23.6 Å². The minimum Gasteiger partial charge on any atom is -0.325 e. The number of benzene rings is 1. The Labute approximate surface area is 114 Å². The second-order valence-electron chi connectivity index (χ2n) is 3.70.